The molecule has 7 nitrogen and oxygen atoms in total. The Morgan fingerprint density at radius 1 is 0.931 bits per heavy atom. The van der Waals surface area contributed by atoms with Gasteiger partial charge in [0.05, 0.1) is 33.3 Å². The number of amides is 1. The molecule has 3 aromatic rings. The number of ether oxygens (including phenoxy) is 3. The minimum atomic E-state index is -0.534. The summed E-state index contributed by atoms with van der Waals surface area (Å²) in [7, 11) is 4.62. The second-order valence-corrected chi connectivity index (χ2v) is 6.56. The first-order valence-corrected chi connectivity index (χ1v) is 9.01. The summed E-state index contributed by atoms with van der Waals surface area (Å²) in [6.45, 7) is 3.64. The minimum absolute atomic E-state index is 0.108. The second-order valence-electron chi connectivity index (χ2n) is 6.56. The van der Waals surface area contributed by atoms with Crippen LogP contribution in [0.1, 0.15) is 16.7 Å². The number of carbonyl (C=O) groups is 1. The van der Waals surface area contributed by atoms with Crippen molar-refractivity contribution in [2.45, 2.75) is 20.3 Å². The number of aryl methyl sites for hydroxylation is 2. The Kier molecular flexibility index (Phi) is 5.77. The molecule has 0 aliphatic carbocycles. The van der Waals surface area contributed by atoms with Gasteiger partial charge in [-0.1, -0.05) is 0 Å². The predicted octanol–water partition coefficient (Wildman–Crippen LogP) is 3.62. The van der Waals surface area contributed by atoms with Gasteiger partial charge >= 0.3 is 5.63 Å². The Bertz CT molecular complexity index is 1130. The van der Waals surface area contributed by atoms with E-state index in [2.05, 4.69) is 5.32 Å². The van der Waals surface area contributed by atoms with Crippen LogP contribution in [0.3, 0.4) is 0 Å². The van der Waals surface area contributed by atoms with Crippen molar-refractivity contribution in [1.82, 2.24) is 0 Å². The van der Waals surface area contributed by atoms with Crippen molar-refractivity contribution in [1.29, 1.82) is 0 Å². The zero-order valence-electron chi connectivity index (χ0n) is 17.0. The first-order chi connectivity index (χ1) is 13.9. The summed E-state index contributed by atoms with van der Waals surface area (Å²) in [5.41, 5.74) is 2.25. The number of carbonyl (C=O) groups excluding carboxylic acids is 1. The van der Waals surface area contributed by atoms with Crippen molar-refractivity contribution in [3.8, 4) is 17.2 Å². The molecular weight excluding hydrogens is 374 g/mol. The number of nitrogens with one attached hydrogen (secondary N) is 1. The Hall–Kier alpha value is -3.48. The van der Waals surface area contributed by atoms with Gasteiger partial charge in [0.15, 0.2) is 11.5 Å². The van der Waals surface area contributed by atoms with E-state index in [4.69, 9.17) is 18.6 Å². The van der Waals surface area contributed by atoms with Crippen LogP contribution in [-0.4, -0.2) is 27.2 Å². The van der Waals surface area contributed by atoms with E-state index in [1.807, 2.05) is 26.0 Å². The lowest BCUT2D eigenvalue weighted by Crippen LogP contribution is -2.20. The quantitative estimate of drug-likeness (QED) is 0.640. The first-order valence-electron chi connectivity index (χ1n) is 9.01. The Morgan fingerprint density at radius 2 is 1.59 bits per heavy atom. The minimum Gasteiger partial charge on any atom is -0.496 e. The van der Waals surface area contributed by atoms with Crippen LogP contribution in [0.5, 0.6) is 17.2 Å². The normalized spacial score (nSPS) is 10.7. The summed E-state index contributed by atoms with van der Waals surface area (Å²) < 4.78 is 21.2. The maximum atomic E-state index is 12.6. The molecule has 1 aromatic heterocycles. The van der Waals surface area contributed by atoms with Crippen LogP contribution < -0.4 is 25.2 Å². The number of hydrogen-bond acceptors (Lipinski definition) is 6. The van der Waals surface area contributed by atoms with Crippen molar-refractivity contribution in [3.63, 3.8) is 0 Å². The number of anilines is 1. The van der Waals surface area contributed by atoms with E-state index < -0.39 is 5.63 Å². The fourth-order valence-corrected chi connectivity index (χ4v) is 3.28. The monoisotopic (exact) mass is 397 g/mol. The molecule has 0 radical (unpaired) electrons. The number of rotatable bonds is 6. The van der Waals surface area contributed by atoms with Crippen LogP contribution in [0.15, 0.2) is 39.5 Å². The van der Waals surface area contributed by atoms with Crippen LogP contribution in [0.25, 0.3) is 11.0 Å². The lowest BCUT2D eigenvalue weighted by Gasteiger charge is -2.12. The van der Waals surface area contributed by atoms with Gasteiger partial charge < -0.3 is 23.9 Å². The van der Waals surface area contributed by atoms with Crippen molar-refractivity contribution in [2.24, 2.45) is 0 Å². The van der Waals surface area contributed by atoms with Gasteiger partial charge in [0.25, 0.3) is 0 Å². The van der Waals surface area contributed by atoms with Gasteiger partial charge in [-0.25, -0.2) is 4.79 Å². The zero-order chi connectivity index (χ0) is 21.1. The number of benzene rings is 2. The third-order valence-electron chi connectivity index (χ3n) is 4.88. The van der Waals surface area contributed by atoms with Crippen molar-refractivity contribution < 1.29 is 23.4 Å². The molecule has 0 aliphatic rings. The third kappa shape index (κ3) is 3.89. The van der Waals surface area contributed by atoms with Gasteiger partial charge in [0.2, 0.25) is 5.91 Å². The number of methoxy groups -OCH3 is 3. The topological polar surface area (TPSA) is 87.0 Å². The predicted molar refractivity (Wildman–Crippen MR) is 110 cm³/mol. The van der Waals surface area contributed by atoms with E-state index in [9.17, 15) is 9.59 Å². The van der Waals surface area contributed by atoms with E-state index in [1.54, 1.807) is 25.3 Å². The highest BCUT2D eigenvalue weighted by atomic mass is 16.5. The fraction of sp³-hybridized carbons (Fsp3) is 0.273. The molecule has 0 saturated heterocycles. The van der Waals surface area contributed by atoms with Crippen LogP contribution in [0.4, 0.5) is 5.69 Å². The van der Waals surface area contributed by atoms with E-state index in [-0.39, 0.29) is 12.3 Å². The van der Waals surface area contributed by atoms with Crippen LogP contribution >= 0.6 is 0 Å². The summed E-state index contributed by atoms with van der Waals surface area (Å²) in [6.07, 6.45) is -0.108. The molecule has 3 rings (SSSR count). The van der Waals surface area contributed by atoms with Gasteiger partial charge in [-0.3, -0.25) is 4.79 Å². The van der Waals surface area contributed by atoms with Gasteiger partial charge in [0.1, 0.15) is 11.3 Å². The molecule has 0 saturated carbocycles. The van der Waals surface area contributed by atoms with Crippen molar-refractivity contribution in [2.75, 3.05) is 26.6 Å². The average Bonchev–Trinajstić information content (AvgIpc) is 2.71. The molecular formula is C22H23NO6. The summed E-state index contributed by atoms with van der Waals surface area (Å²) >= 11 is 0. The lowest BCUT2D eigenvalue weighted by atomic mass is 10.0. The molecule has 1 amide bonds. The molecule has 0 bridgehead atoms. The number of fused-ring (bicyclic) bond motifs is 1. The summed E-state index contributed by atoms with van der Waals surface area (Å²) in [4.78, 5) is 25.1. The van der Waals surface area contributed by atoms with E-state index in [0.717, 1.165) is 10.9 Å². The maximum Gasteiger partial charge on any atom is 0.340 e. The van der Waals surface area contributed by atoms with E-state index in [0.29, 0.717) is 39.6 Å². The molecule has 2 aromatic carbocycles. The molecule has 0 fully saturated rings. The van der Waals surface area contributed by atoms with Crippen molar-refractivity contribution >= 4 is 22.6 Å². The van der Waals surface area contributed by atoms with Crippen molar-refractivity contribution in [3.05, 3.63) is 57.4 Å². The Labute approximate surface area is 168 Å². The van der Waals surface area contributed by atoms with E-state index >= 15 is 0 Å². The first kappa shape index (κ1) is 20.3. The molecule has 152 valence electrons. The number of hydrogen-bond donors (Lipinski definition) is 1. The van der Waals surface area contributed by atoms with Gasteiger partial charge in [-0.2, -0.15) is 0 Å². The molecule has 0 spiro atoms. The standard InChI is InChI=1S/C22H23NO6/c1-12-15-7-9-17(26-3)13(2)21(15)29-22(25)16(12)11-20(24)23-14-6-8-18(27-4)19(10-14)28-5/h6-10H,11H2,1-5H3,(H,23,24). The Balaban J connectivity index is 1.90. The van der Waals surface area contributed by atoms with Crippen LogP contribution in [-0.2, 0) is 11.2 Å². The SMILES string of the molecule is COc1ccc(NC(=O)Cc2c(C)c3ccc(OC)c(C)c3oc2=O)cc1OC. The second kappa shape index (κ2) is 8.26. The highest BCUT2D eigenvalue weighted by molar-refractivity contribution is 5.94. The highest BCUT2D eigenvalue weighted by Gasteiger charge is 2.18. The molecule has 0 aliphatic heterocycles. The smallest absolute Gasteiger partial charge is 0.340 e. The van der Waals surface area contributed by atoms with Gasteiger partial charge in [-0.15, -0.1) is 0 Å². The molecule has 1 N–H and O–H groups in total. The molecule has 0 atom stereocenters. The molecule has 29 heavy (non-hydrogen) atoms. The average molecular weight is 397 g/mol. The summed E-state index contributed by atoms with van der Waals surface area (Å²) in [5.74, 6) is 1.36. The third-order valence-corrected chi connectivity index (χ3v) is 4.88. The molecule has 1 heterocycles. The van der Waals surface area contributed by atoms with Gasteiger partial charge in [-0.05, 0) is 43.7 Å². The summed E-state index contributed by atoms with van der Waals surface area (Å²) in [6, 6.07) is 8.69. The molecule has 7 heteroatoms. The van der Waals surface area contributed by atoms with Crippen LogP contribution in [0, 0.1) is 13.8 Å². The lowest BCUT2D eigenvalue weighted by molar-refractivity contribution is -0.115. The maximum absolute atomic E-state index is 12.6. The molecule has 0 unspecified atom stereocenters. The summed E-state index contributed by atoms with van der Waals surface area (Å²) in [5, 5.41) is 3.55. The van der Waals surface area contributed by atoms with Gasteiger partial charge in [0, 0.05) is 22.7 Å². The fourth-order valence-electron chi connectivity index (χ4n) is 3.28. The Morgan fingerprint density at radius 3 is 2.24 bits per heavy atom. The van der Waals surface area contributed by atoms with Crippen LogP contribution in [0.2, 0.25) is 0 Å². The zero-order valence-corrected chi connectivity index (χ0v) is 17.0. The van der Waals surface area contributed by atoms with E-state index in [1.165, 1.54) is 14.2 Å². The largest absolute Gasteiger partial charge is 0.496 e. The highest BCUT2D eigenvalue weighted by Crippen LogP contribution is 2.31.